The van der Waals surface area contributed by atoms with E-state index in [9.17, 15) is 0 Å². The first-order valence-corrected chi connectivity index (χ1v) is 7.69. The average Bonchev–Trinajstić information content (AvgIpc) is 2.70. The topological polar surface area (TPSA) is 53.3 Å². The van der Waals surface area contributed by atoms with E-state index in [2.05, 4.69) is 39.9 Å². The Hall–Kier alpha value is -0.910. The van der Waals surface area contributed by atoms with E-state index in [-0.39, 0.29) is 6.61 Å². The van der Waals surface area contributed by atoms with Gasteiger partial charge in [-0.25, -0.2) is 0 Å². The molecule has 114 valence electrons. The van der Waals surface area contributed by atoms with Gasteiger partial charge in [0.05, 0.1) is 18.8 Å². The van der Waals surface area contributed by atoms with Crippen LogP contribution >= 0.6 is 0 Å². The van der Waals surface area contributed by atoms with Gasteiger partial charge in [-0.15, -0.1) is 0 Å². The molecule has 1 fully saturated rings. The SMILES string of the molecule is Cc1cc(C)n(C[C@H](C)NC2CCN(CCO)CC2)n1. The van der Waals surface area contributed by atoms with Gasteiger partial charge in [0.25, 0.3) is 0 Å². The van der Waals surface area contributed by atoms with E-state index >= 15 is 0 Å². The fraction of sp³-hybridized carbons (Fsp3) is 0.800. The molecule has 0 amide bonds. The number of aliphatic hydroxyl groups excluding tert-OH is 1. The Labute approximate surface area is 122 Å². The van der Waals surface area contributed by atoms with Crippen molar-refractivity contribution in [2.24, 2.45) is 0 Å². The molecule has 1 atom stereocenters. The molecule has 20 heavy (non-hydrogen) atoms. The molecule has 1 aliphatic rings. The first-order valence-electron chi connectivity index (χ1n) is 7.69. The zero-order valence-corrected chi connectivity index (χ0v) is 13.0. The summed E-state index contributed by atoms with van der Waals surface area (Å²) in [4.78, 5) is 2.34. The normalized spacial score (nSPS) is 19.4. The third kappa shape index (κ3) is 4.30. The first kappa shape index (κ1) is 15.5. The second kappa shape index (κ2) is 7.20. The number of nitrogens with one attached hydrogen (secondary N) is 1. The van der Waals surface area contributed by atoms with Crippen LogP contribution in [0.1, 0.15) is 31.2 Å². The van der Waals surface area contributed by atoms with Crippen LogP contribution in [0.4, 0.5) is 0 Å². The summed E-state index contributed by atoms with van der Waals surface area (Å²) in [5.74, 6) is 0. The zero-order chi connectivity index (χ0) is 14.5. The van der Waals surface area contributed by atoms with Crippen LogP contribution in [0.25, 0.3) is 0 Å². The maximum Gasteiger partial charge on any atom is 0.0596 e. The molecule has 0 aliphatic carbocycles. The number of piperidine rings is 1. The predicted molar refractivity (Wildman–Crippen MR) is 80.8 cm³/mol. The van der Waals surface area contributed by atoms with Gasteiger partial charge >= 0.3 is 0 Å². The largest absolute Gasteiger partial charge is 0.395 e. The number of aliphatic hydroxyl groups is 1. The molecule has 2 heterocycles. The molecule has 2 rings (SSSR count). The van der Waals surface area contributed by atoms with Gasteiger partial charge in [0.2, 0.25) is 0 Å². The second-order valence-electron chi connectivity index (χ2n) is 6.02. The Morgan fingerprint density at radius 2 is 2.10 bits per heavy atom. The van der Waals surface area contributed by atoms with Crippen molar-refractivity contribution >= 4 is 0 Å². The standard InChI is InChI=1S/C15H28N4O/c1-12-10-14(3)19(17-12)11-13(2)16-15-4-6-18(7-5-15)8-9-20/h10,13,15-16,20H,4-9,11H2,1-3H3/t13-/m0/s1. The van der Waals surface area contributed by atoms with Crippen molar-refractivity contribution in [1.82, 2.24) is 20.0 Å². The molecule has 0 aromatic carbocycles. The fourth-order valence-corrected chi connectivity index (χ4v) is 3.04. The van der Waals surface area contributed by atoms with Crippen molar-refractivity contribution in [3.63, 3.8) is 0 Å². The number of nitrogens with zero attached hydrogens (tertiary/aromatic N) is 3. The highest BCUT2D eigenvalue weighted by Crippen LogP contribution is 2.11. The van der Waals surface area contributed by atoms with Crippen LogP contribution in [-0.4, -0.2) is 58.1 Å². The lowest BCUT2D eigenvalue weighted by Gasteiger charge is -2.33. The van der Waals surface area contributed by atoms with Crippen molar-refractivity contribution in [3.8, 4) is 0 Å². The summed E-state index contributed by atoms with van der Waals surface area (Å²) in [6.07, 6.45) is 2.34. The van der Waals surface area contributed by atoms with E-state index in [1.807, 2.05) is 6.92 Å². The summed E-state index contributed by atoms with van der Waals surface area (Å²) in [6.45, 7) is 10.6. The summed E-state index contributed by atoms with van der Waals surface area (Å²) in [6, 6.07) is 3.15. The van der Waals surface area contributed by atoms with Gasteiger partial charge in [-0.1, -0.05) is 0 Å². The quantitative estimate of drug-likeness (QED) is 0.814. The lowest BCUT2D eigenvalue weighted by molar-refractivity contribution is 0.152. The van der Waals surface area contributed by atoms with Crippen molar-refractivity contribution in [1.29, 1.82) is 0 Å². The van der Waals surface area contributed by atoms with Crippen LogP contribution in [-0.2, 0) is 6.54 Å². The Morgan fingerprint density at radius 3 is 2.65 bits per heavy atom. The van der Waals surface area contributed by atoms with Crippen molar-refractivity contribution in [2.75, 3.05) is 26.2 Å². The van der Waals surface area contributed by atoms with Gasteiger partial charge < -0.3 is 15.3 Å². The molecule has 1 saturated heterocycles. The molecule has 1 aromatic rings. The number of hydrogen-bond acceptors (Lipinski definition) is 4. The molecule has 0 bridgehead atoms. The number of aryl methyl sites for hydroxylation is 2. The number of likely N-dealkylation sites (tertiary alicyclic amines) is 1. The lowest BCUT2D eigenvalue weighted by Crippen LogP contribution is -2.47. The Balaban J connectivity index is 1.75. The third-order valence-corrected chi connectivity index (χ3v) is 4.07. The third-order valence-electron chi connectivity index (χ3n) is 4.07. The fourth-order valence-electron chi connectivity index (χ4n) is 3.04. The Morgan fingerprint density at radius 1 is 1.40 bits per heavy atom. The number of rotatable bonds is 6. The van der Waals surface area contributed by atoms with Gasteiger partial charge in [0.15, 0.2) is 0 Å². The molecule has 0 spiro atoms. The zero-order valence-electron chi connectivity index (χ0n) is 13.0. The van der Waals surface area contributed by atoms with Crippen LogP contribution in [0.15, 0.2) is 6.07 Å². The van der Waals surface area contributed by atoms with Gasteiger partial charge in [-0.3, -0.25) is 4.68 Å². The molecular formula is C15H28N4O. The van der Waals surface area contributed by atoms with Gasteiger partial charge in [0, 0.05) is 24.3 Å². The van der Waals surface area contributed by atoms with E-state index in [1.165, 1.54) is 18.5 Å². The van der Waals surface area contributed by atoms with Crippen molar-refractivity contribution in [3.05, 3.63) is 17.5 Å². The molecule has 2 N–H and O–H groups in total. The molecule has 0 unspecified atom stereocenters. The Bertz CT molecular complexity index is 410. The van der Waals surface area contributed by atoms with E-state index in [1.54, 1.807) is 0 Å². The monoisotopic (exact) mass is 280 g/mol. The number of aromatic nitrogens is 2. The average molecular weight is 280 g/mol. The summed E-state index contributed by atoms with van der Waals surface area (Å²) in [5.41, 5.74) is 2.32. The van der Waals surface area contributed by atoms with E-state index in [4.69, 9.17) is 5.11 Å². The van der Waals surface area contributed by atoms with Crippen LogP contribution in [0.5, 0.6) is 0 Å². The highest BCUT2D eigenvalue weighted by Gasteiger charge is 2.20. The van der Waals surface area contributed by atoms with Crippen LogP contribution < -0.4 is 5.32 Å². The first-order chi connectivity index (χ1) is 9.58. The van der Waals surface area contributed by atoms with Crippen molar-refractivity contribution < 1.29 is 5.11 Å². The van der Waals surface area contributed by atoms with Gasteiger partial charge in [0.1, 0.15) is 0 Å². The van der Waals surface area contributed by atoms with Gasteiger partial charge in [-0.2, -0.15) is 5.10 Å². The summed E-state index contributed by atoms with van der Waals surface area (Å²) >= 11 is 0. The molecule has 0 radical (unpaired) electrons. The molecule has 5 nitrogen and oxygen atoms in total. The number of hydrogen-bond donors (Lipinski definition) is 2. The van der Waals surface area contributed by atoms with E-state index < -0.39 is 0 Å². The maximum atomic E-state index is 8.95. The molecular weight excluding hydrogens is 252 g/mol. The van der Waals surface area contributed by atoms with Crippen molar-refractivity contribution in [2.45, 2.75) is 52.2 Å². The van der Waals surface area contributed by atoms with Gasteiger partial charge in [-0.05, 0) is 52.8 Å². The molecule has 1 aliphatic heterocycles. The van der Waals surface area contributed by atoms with Crippen LogP contribution in [0, 0.1) is 13.8 Å². The van der Waals surface area contributed by atoms with Crippen LogP contribution in [0.2, 0.25) is 0 Å². The summed E-state index contributed by atoms with van der Waals surface area (Å²) in [5, 5.41) is 17.2. The second-order valence-corrected chi connectivity index (χ2v) is 6.02. The van der Waals surface area contributed by atoms with E-state index in [0.29, 0.717) is 12.1 Å². The highest BCUT2D eigenvalue weighted by molar-refractivity contribution is 5.06. The smallest absolute Gasteiger partial charge is 0.0596 e. The van der Waals surface area contributed by atoms with E-state index in [0.717, 1.165) is 31.9 Å². The Kier molecular flexibility index (Phi) is 5.57. The highest BCUT2D eigenvalue weighted by atomic mass is 16.3. The summed E-state index contributed by atoms with van der Waals surface area (Å²) in [7, 11) is 0. The minimum absolute atomic E-state index is 0.270. The predicted octanol–water partition coefficient (Wildman–Crippen LogP) is 0.935. The van der Waals surface area contributed by atoms with Crippen LogP contribution in [0.3, 0.4) is 0 Å². The number of β-amino-alcohol motifs (C(OH)–C–C–N with tert-alkyl or cyclic N) is 1. The molecule has 5 heteroatoms. The minimum Gasteiger partial charge on any atom is -0.395 e. The maximum absolute atomic E-state index is 8.95. The molecule has 1 aromatic heterocycles. The minimum atomic E-state index is 0.270. The lowest BCUT2D eigenvalue weighted by atomic mass is 10.0. The summed E-state index contributed by atoms with van der Waals surface area (Å²) < 4.78 is 2.09. The molecule has 0 saturated carbocycles.